The molecule has 1 aromatic rings. The van der Waals surface area contributed by atoms with E-state index in [4.69, 9.17) is 0 Å². The van der Waals surface area contributed by atoms with Crippen molar-refractivity contribution in [2.75, 3.05) is 0 Å². The highest BCUT2D eigenvalue weighted by atomic mass is 19.1. The van der Waals surface area contributed by atoms with Crippen LogP contribution in [0.5, 0.6) is 0 Å². The lowest BCUT2D eigenvalue weighted by molar-refractivity contribution is -0.145. The molecule has 0 atom stereocenters. The second kappa shape index (κ2) is 5.11. The summed E-state index contributed by atoms with van der Waals surface area (Å²) in [5, 5.41) is 9.58. The van der Waals surface area contributed by atoms with E-state index in [0.29, 0.717) is 35.8 Å². The average Bonchev–Trinajstić information content (AvgIpc) is 2.42. The smallest absolute Gasteiger partial charge is 0.314 e. The number of benzene rings is 1. The van der Waals surface area contributed by atoms with E-state index >= 15 is 0 Å². The topological polar surface area (TPSA) is 54.4 Å². The Morgan fingerprint density at radius 3 is 2.47 bits per heavy atom. The predicted molar refractivity (Wildman–Crippen MR) is 68.9 cm³/mol. The van der Waals surface area contributed by atoms with Gasteiger partial charge in [0.25, 0.3) is 0 Å². The van der Waals surface area contributed by atoms with E-state index in [2.05, 4.69) is 0 Å². The van der Waals surface area contributed by atoms with E-state index in [1.165, 1.54) is 12.1 Å². The molecule has 1 aliphatic carbocycles. The summed E-state index contributed by atoms with van der Waals surface area (Å²) in [7, 11) is 0. The second-order valence-corrected chi connectivity index (χ2v) is 5.25. The molecule has 0 aromatic heterocycles. The number of carboxylic acids is 1. The first-order valence-electron chi connectivity index (χ1n) is 6.50. The van der Waals surface area contributed by atoms with Gasteiger partial charge < -0.3 is 5.11 Å². The fraction of sp³-hybridized carbons (Fsp3) is 0.467. The molecule has 0 radical (unpaired) electrons. The number of carbonyl (C=O) groups is 2. The van der Waals surface area contributed by atoms with E-state index in [1.807, 2.05) is 0 Å². The Morgan fingerprint density at radius 1 is 1.32 bits per heavy atom. The Labute approximate surface area is 111 Å². The summed E-state index contributed by atoms with van der Waals surface area (Å²) in [5.74, 6) is -1.41. The maximum absolute atomic E-state index is 13.8. The van der Waals surface area contributed by atoms with Gasteiger partial charge in [0.15, 0.2) is 0 Å². The van der Waals surface area contributed by atoms with Crippen LogP contribution in [0.2, 0.25) is 0 Å². The molecule has 1 N–H and O–H groups in total. The van der Waals surface area contributed by atoms with Crippen LogP contribution in [0.25, 0.3) is 0 Å². The number of aldehydes is 1. The highest BCUT2D eigenvalue weighted by Gasteiger charge is 2.43. The minimum atomic E-state index is -1.11. The Morgan fingerprint density at radius 2 is 1.95 bits per heavy atom. The lowest BCUT2D eigenvalue weighted by Gasteiger charge is -2.34. The zero-order chi connectivity index (χ0) is 14.0. The van der Waals surface area contributed by atoms with Crippen LogP contribution < -0.4 is 0 Å². The first-order chi connectivity index (χ1) is 9.01. The summed E-state index contributed by atoms with van der Waals surface area (Å²) in [5.41, 5.74) is -0.119. The van der Waals surface area contributed by atoms with Crippen molar-refractivity contribution in [1.82, 2.24) is 0 Å². The number of carbonyl (C=O) groups excluding carboxylic acids is 1. The van der Waals surface area contributed by atoms with E-state index in [-0.39, 0.29) is 0 Å². The number of halogens is 1. The van der Waals surface area contributed by atoms with E-state index in [0.717, 1.165) is 19.3 Å². The van der Waals surface area contributed by atoms with Crippen molar-refractivity contribution in [3.8, 4) is 0 Å². The lowest BCUT2D eigenvalue weighted by Crippen LogP contribution is -2.39. The lowest BCUT2D eigenvalue weighted by atomic mass is 9.68. The number of hydrogen-bond donors (Lipinski definition) is 1. The summed E-state index contributed by atoms with van der Waals surface area (Å²) in [6.07, 6.45) is 4.12. The van der Waals surface area contributed by atoms with Gasteiger partial charge in [-0.25, -0.2) is 4.39 Å². The van der Waals surface area contributed by atoms with Crippen molar-refractivity contribution in [3.63, 3.8) is 0 Å². The van der Waals surface area contributed by atoms with E-state index < -0.39 is 17.2 Å². The van der Waals surface area contributed by atoms with Crippen molar-refractivity contribution in [2.24, 2.45) is 0 Å². The third kappa shape index (κ3) is 2.27. The number of carboxylic acid groups (broad SMARTS) is 1. The van der Waals surface area contributed by atoms with Crippen LogP contribution >= 0.6 is 0 Å². The van der Waals surface area contributed by atoms with Crippen molar-refractivity contribution in [3.05, 3.63) is 34.6 Å². The van der Waals surface area contributed by atoms with Gasteiger partial charge in [0.05, 0.1) is 5.41 Å². The average molecular weight is 264 g/mol. The van der Waals surface area contributed by atoms with Gasteiger partial charge in [-0.1, -0.05) is 19.3 Å². The molecule has 4 heteroatoms. The molecular weight excluding hydrogens is 247 g/mol. The predicted octanol–water partition coefficient (Wildman–Crippen LogP) is 3.23. The molecule has 1 saturated carbocycles. The van der Waals surface area contributed by atoms with Gasteiger partial charge in [-0.15, -0.1) is 0 Å². The summed E-state index contributed by atoms with van der Waals surface area (Å²) in [6, 6.07) is 2.68. The van der Waals surface area contributed by atoms with E-state index in [9.17, 15) is 19.1 Å². The van der Waals surface area contributed by atoms with Crippen LogP contribution in [-0.2, 0) is 10.2 Å². The van der Waals surface area contributed by atoms with Crippen LogP contribution in [0.4, 0.5) is 4.39 Å². The number of hydrogen-bond acceptors (Lipinski definition) is 2. The summed E-state index contributed by atoms with van der Waals surface area (Å²) < 4.78 is 13.8. The molecule has 0 aliphatic heterocycles. The maximum atomic E-state index is 13.8. The van der Waals surface area contributed by atoms with Crippen molar-refractivity contribution < 1.29 is 19.1 Å². The fourth-order valence-electron chi connectivity index (χ4n) is 2.97. The second-order valence-electron chi connectivity index (χ2n) is 5.25. The molecule has 102 valence electrons. The van der Waals surface area contributed by atoms with E-state index in [1.54, 1.807) is 6.92 Å². The van der Waals surface area contributed by atoms with Crippen molar-refractivity contribution in [2.45, 2.75) is 44.4 Å². The van der Waals surface area contributed by atoms with Crippen molar-refractivity contribution >= 4 is 12.3 Å². The summed E-state index contributed by atoms with van der Waals surface area (Å²) >= 11 is 0. The summed E-state index contributed by atoms with van der Waals surface area (Å²) in [4.78, 5) is 22.9. The van der Waals surface area contributed by atoms with Gasteiger partial charge in [-0.05, 0) is 43.0 Å². The standard InChI is InChI=1S/C15H17FO3/c1-10-7-11(9-17)12(8-13(10)16)15(14(18)19)5-3-2-4-6-15/h7-9H,2-6H2,1H3,(H,18,19). The van der Waals surface area contributed by atoms with Crippen LogP contribution in [0.15, 0.2) is 12.1 Å². The molecule has 3 nitrogen and oxygen atoms in total. The van der Waals surface area contributed by atoms with Gasteiger partial charge in [-0.3, -0.25) is 9.59 Å². The largest absolute Gasteiger partial charge is 0.481 e. The zero-order valence-electron chi connectivity index (χ0n) is 10.9. The minimum Gasteiger partial charge on any atom is -0.481 e. The first-order valence-corrected chi connectivity index (χ1v) is 6.50. The highest BCUT2D eigenvalue weighted by molar-refractivity contribution is 5.87. The third-order valence-electron chi connectivity index (χ3n) is 4.09. The van der Waals surface area contributed by atoms with Crippen LogP contribution in [0.3, 0.4) is 0 Å². The monoisotopic (exact) mass is 264 g/mol. The van der Waals surface area contributed by atoms with Gasteiger partial charge in [0, 0.05) is 5.56 Å². The molecule has 0 saturated heterocycles. The van der Waals surface area contributed by atoms with Gasteiger partial charge >= 0.3 is 5.97 Å². The molecule has 0 heterocycles. The Hall–Kier alpha value is -1.71. The van der Waals surface area contributed by atoms with Gasteiger partial charge in [0.1, 0.15) is 12.1 Å². The number of aliphatic carboxylic acids is 1. The van der Waals surface area contributed by atoms with Gasteiger partial charge in [-0.2, -0.15) is 0 Å². The Balaban J connectivity index is 2.62. The first kappa shape index (κ1) is 13.7. The molecule has 1 fully saturated rings. The minimum absolute atomic E-state index is 0.295. The van der Waals surface area contributed by atoms with Crippen LogP contribution in [-0.4, -0.2) is 17.4 Å². The Bertz CT molecular complexity index is 516. The molecular formula is C15H17FO3. The molecule has 0 unspecified atom stereocenters. The molecule has 0 spiro atoms. The van der Waals surface area contributed by atoms with Crippen LogP contribution in [0.1, 0.15) is 53.6 Å². The third-order valence-corrected chi connectivity index (χ3v) is 4.09. The number of rotatable bonds is 3. The highest BCUT2D eigenvalue weighted by Crippen LogP contribution is 2.41. The normalized spacial score (nSPS) is 18.0. The quantitative estimate of drug-likeness (QED) is 0.853. The number of aryl methyl sites for hydroxylation is 1. The molecule has 0 bridgehead atoms. The zero-order valence-corrected chi connectivity index (χ0v) is 10.9. The maximum Gasteiger partial charge on any atom is 0.314 e. The fourth-order valence-corrected chi connectivity index (χ4v) is 2.97. The molecule has 1 aliphatic rings. The van der Waals surface area contributed by atoms with Crippen LogP contribution in [0, 0.1) is 12.7 Å². The SMILES string of the molecule is Cc1cc(C=O)c(C2(C(=O)O)CCCCC2)cc1F. The molecule has 1 aromatic carbocycles. The molecule has 2 rings (SSSR count). The van der Waals surface area contributed by atoms with Crippen molar-refractivity contribution in [1.29, 1.82) is 0 Å². The Kier molecular flexibility index (Phi) is 3.69. The van der Waals surface area contributed by atoms with Gasteiger partial charge in [0.2, 0.25) is 0 Å². The molecule has 19 heavy (non-hydrogen) atoms. The molecule has 0 amide bonds. The summed E-state index contributed by atoms with van der Waals surface area (Å²) in [6.45, 7) is 1.57.